The third kappa shape index (κ3) is 3.66. The van der Waals surface area contributed by atoms with Crippen molar-refractivity contribution in [2.24, 2.45) is 11.8 Å². The van der Waals surface area contributed by atoms with Gasteiger partial charge in [-0.25, -0.2) is 0 Å². The number of hydrogen-bond acceptors (Lipinski definition) is 2. The minimum absolute atomic E-state index is 0.371. The lowest BCUT2D eigenvalue weighted by Crippen LogP contribution is -2.59. The summed E-state index contributed by atoms with van der Waals surface area (Å²) in [6.07, 6.45) is 4.08. The van der Waals surface area contributed by atoms with Gasteiger partial charge in [-0.05, 0) is 37.2 Å². The molecule has 0 radical (unpaired) electrons. The maximum absolute atomic E-state index is 12.6. The molecule has 2 saturated heterocycles. The molecule has 3 rings (SSSR count). The van der Waals surface area contributed by atoms with E-state index < -0.39 is 0 Å². The zero-order valence-electron chi connectivity index (χ0n) is 15.4. The molecule has 3 nitrogen and oxygen atoms in total. The van der Waals surface area contributed by atoms with Crippen LogP contribution in [0.1, 0.15) is 52.0 Å². The molecule has 2 fully saturated rings. The zero-order valence-corrected chi connectivity index (χ0v) is 15.4. The van der Waals surface area contributed by atoms with E-state index in [1.807, 2.05) is 0 Å². The van der Waals surface area contributed by atoms with E-state index in [0.29, 0.717) is 29.8 Å². The Morgan fingerprint density at radius 1 is 1.17 bits per heavy atom. The standard InChI is InChI=1S/C21H32N2O/c1-4-16(2)17(3)23-20-12-13-22(14-18-8-6-5-7-9-18)15-19(20)10-11-21(23)24/h5-9,16-17,19-20H,4,10-15H2,1-3H3/t16-,17-,19-,20?/m1/s1. The number of likely N-dealkylation sites (tertiary alicyclic amines) is 2. The van der Waals surface area contributed by atoms with Crippen LogP contribution < -0.4 is 0 Å². The van der Waals surface area contributed by atoms with E-state index >= 15 is 0 Å². The molecule has 0 saturated carbocycles. The van der Waals surface area contributed by atoms with Crippen molar-refractivity contribution in [3.63, 3.8) is 0 Å². The Morgan fingerprint density at radius 2 is 1.92 bits per heavy atom. The van der Waals surface area contributed by atoms with Gasteiger partial charge in [-0.3, -0.25) is 9.69 Å². The molecule has 2 aliphatic heterocycles. The molecule has 0 bridgehead atoms. The smallest absolute Gasteiger partial charge is 0.223 e. The summed E-state index contributed by atoms with van der Waals surface area (Å²) in [4.78, 5) is 17.4. The van der Waals surface area contributed by atoms with E-state index in [-0.39, 0.29) is 0 Å². The highest BCUT2D eigenvalue weighted by molar-refractivity contribution is 5.77. The summed E-state index contributed by atoms with van der Waals surface area (Å²) in [5.74, 6) is 1.61. The molecule has 0 N–H and O–H groups in total. The largest absolute Gasteiger partial charge is 0.336 e. The number of carbonyl (C=O) groups excluding carboxylic acids is 1. The van der Waals surface area contributed by atoms with Crippen LogP contribution in [0.4, 0.5) is 0 Å². The first kappa shape index (κ1) is 17.5. The molecule has 1 amide bonds. The van der Waals surface area contributed by atoms with Gasteiger partial charge in [-0.2, -0.15) is 0 Å². The normalized spacial score (nSPS) is 27.6. The van der Waals surface area contributed by atoms with Crippen LogP contribution in [0.15, 0.2) is 30.3 Å². The van der Waals surface area contributed by atoms with Crippen LogP contribution in [-0.4, -0.2) is 40.9 Å². The first-order chi connectivity index (χ1) is 11.6. The van der Waals surface area contributed by atoms with Crippen LogP contribution in [0.2, 0.25) is 0 Å². The molecule has 132 valence electrons. The molecular formula is C21H32N2O. The van der Waals surface area contributed by atoms with E-state index in [1.54, 1.807) is 0 Å². The van der Waals surface area contributed by atoms with Crippen LogP contribution in [-0.2, 0) is 11.3 Å². The van der Waals surface area contributed by atoms with Crippen LogP contribution in [0.3, 0.4) is 0 Å². The van der Waals surface area contributed by atoms with Crippen molar-refractivity contribution >= 4 is 5.91 Å². The van der Waals surface area contributed by atoms with Gasteiger partial charge in [-0.15, -0.1) is 0 Å². The number of fused-ring (bicyclic) bond motifs is 1. The molecule has 24 heavy (non-hydrogen) atoms. The second-order valence-corrected chi connectivity index (χ2v) is 7.80. The number of hydrogen-bond donors (Lipinski definition) is 0. The highest BCUT2D eigenvalue weighted by atomic mass is 16.2. The van der Waals surface area contributed by atoms with Gasteiger partial charge in [0, 0.05) is 38.1 Å². The fourth-order valence-corrected chi connectivity index (χ4v) is 4.50. The van der Waals surface area contributed by atoms with Crippen molar-refractivity contribution < 1.29 is 4.79 Å². The van der Waals surface area contributed by atoms with Crippen LogP contribution >= 0.6 is 0 Å². The Kier molecular flexibility index (Phi) is 5.60. The molecule has 2 heterocycles. The van der Waals surface area contributed by atoms with Gasteiger partial charge >= 0.3 is 0 Å². The number of benzene rings is 1. The Balaban J connectivity index is 1.66. The molecule has 1 unspecified atom stereocenters. The summed E-state index contributed by atoms with van der Waals surface area (Å²) in [7, 11) is 0. The Morgan fingerprint density at radius 3 is 2.62 bits per heavy atom. The van der Waals surface area contributed by atoms with E-state index in [2.05, 4.69) is 60.9 Å². The van der Waals surface area contributed by atoms with Crippen LogP contribution in [0.5, 0.6) is 0 Å². The summed E-state index contributed by atoms with van der Waals surface area (Å²) in [5, 5.41) is 0. The fourth-order valence-electron chi connectivity index (χ4n) is 4.50. The van der Waals surface area contributed by atoms with Gasteiger partial charge < -0.3 is 4.90 Å². The molecule has 3 heteroatoms. The minimum Gasteiger partial charge on any atom is -0.336 e. The fraction of sp³-hybridized carbons (Fsp3) is 0.667. The van der Waals surface area contributed by atoms with Crippen molar-refractivity contribution in [2.75, 3.05) is 13.1 Å². The summed E-state index contributed by atoms with van der Waals surface area (Å²) >= 11 is 0. The second kappa shape index (κ2) is 7.69. The summed E-state index contributed by atoms with van der Waals surface area (Å²) in [6, 6.07) is 11.6. The predicted octanol–water partition coefficient (Wildman–Crippen LogP) is 3.93. The third-order valence-electron chi connectivity index (χ3n) is 6.31. The first-order valence-electron chi connectivity index (χ1n) is 9.67. The SMILES string of the molecule is CC[C@@H](C)[C@@H](C)N1C(=O)CC[C@@H]2CN(Cc3ccccc3)CCC21. The maximum atomic E-state index is 12.6. The number of amides is 1. The molecular weight excluding hydrogens is 296 g/mol. The molecule has 0 aromatic heterocycles. The molecule has 1 aromatic carbocycles. The molecule has 2 aliphatic rings. The molecule has 1 aromatic rings. The number of piperidine rings is 2. The Labute approximate surface area is 147 Å². The van der Waals surface area contributed by atoms with Gasteiger partial charge in [0.2, 0.25) is 5.91 Å². The Hall–Kier alpha value is -1.35. The maximum Gasteiger partial charge on any atom is 0.223 e. The highest BCUT2D eigenvalue weighted by Gasteiger charge is 2.41. The summed E-state index contributed by atoms with van der Waals surface area (Å²) in [6.45, 7) is 10.1. The quantitative estimate of drug-likeness (QED) is 0.817. The zero-order chi connectivity index (χ0) is 17.1. The average Bonchev–Trinajstić information content (AvgIpc) is 2.61. The van der Waals surface area contributed by atoms with Gasteiger partial charge in [-0.1, -0.05) is 50.6 Å². The van der Waals surface area contributed by atoms with E-state index in [1.165, 1.54) is 5.56 Å². The lowest BCUT2D eigenvalue weighted by atomic mass is 9.81. The lowest BCUT2D eigenvalue weighted by Gasteiger charge is -2.50. The minimum atomic E-state index is 0.371. The van der Waals surface area contributed by atoms with Crippen molar-refractivity contribution in [3.05, 3.63) is 35.9 Å². The van der Waals surface area contributed by atoms with E-state index in [4.69, 9.17) is 0 Å². The third-order valence-corrected chi connectivity index (χ3v) is 6.31. The van der Waals surface area contributed by atoms with Gasteiger partial charge in [0.05, 0.1) is 0 Å². The van der Waals surface area contributed by atoms with Crippen molar-refractivity contribution in [1.29, 1.82) is 0 Å². The Bertz CT molecular complexity index is 544. The topological polar surface area (TPSA) is 23.6 Å². The second-order valence-electron chi connectivity index (χ2n) is 7.80. The molecule has 0 aliphatic carbocycles. The van der Waals surface area contributed by atoms with E-state index in [0.717, 1.165) is 45.3 Å². The molecule has 4 atom stereocenters. The average molecular weight is 329 g/mol. The number of carbonyl (C=O) groups is 1. The molecule has 0 spiro atoms. The van der Waals surface area contributed by atoms with Crippen LogP contribution in [0, 0.1) is 11.8 Å². The predicted molar refractivity (Wildman–Crippen MR) is 98.6 cm³/mol. The first-order valence-corrected chi connectivity index (χ1v) is 9.67. The number of rotatable bonds is 5. The monoisotopic (exact) mass is 328 g/mol. The van der Waals surface area contributed by atoms with Crippen molar-refractivity contribution in [2.45, 2.75) is 65.1 Å². The highest BCUT2D eigenvalue weighted by Crippen LogP contribution is 2.34. The van der Waals surface area contributed by atoms with E-state index in [9.17, 15) is 4.79 Å². The summed E-state index contributed by atoms with van der Waals surface area (Å²) < 4.78 is 0. The van der Waals surface area contributed by atoms with Crippen molar-refractivity contribution in [3.8, 4) is 0 Å². The lowest BCUT2D eigenvalue weighted by molar-refractivity contribution is -0.146. The van der Waals surface area contributed by atoms with Crippen molar-refractivity contribution in [1.82, 2.24) is 9.80 Å². The van der Waals surface area contributed by atoms with Crippen LogP contribution in [0.25, 0.3) is 0 Å². The summed E-state index contributed by atoms with van der Waals surface area (Å²) in [5.41, 5.74) is 1.40. The van der Waals surface area contributed by atoms with Gasteiger partial charge in [0.1, 0.15) is 0 Å². The van der Waals surface area contributed by atoms with Gasteiger partial charge in [0.15, 0.2) is 0 Å². The van der Waals surface area contributed by atoms with Gasteiger partial charge in [0.25, 0.3) is 0 Å². The number of nitrogens with zero attached hydrogens (tertiary/aromatic N) is 2.